The van der Waals surface area contributed by atoms with Crippen LogP contribution in [-0.2, 0) is 4.79 Å². The van der Waals surface area contributed by atoms with Crippen LogP contribution in [0.15, 0.2) is 54.6 Å². The normalized spacial score (nSPS) is 10.1. The van der Waals surface area contributed by atoms with Gasteiger partial charge in [0, 0.05) is 24.1 Å². The van der Waals surface area contributed by atoms with Crippen molar-refractivity contribution in [2.75, 3.05) is 12.4 Å². The molecule has 4 nitrogen and oxygen atoms in total. The maximum absolute atomic E-state index is 11.9. The lowest BCUT2D eigenvalue weighted by molar-refractivity contribution is -0.116. The number of unbranched alkanes of at least 4 members (excludes halogenated alkanes) is 1. The number of ether oxygens (including phenoxy) is 1. The Hall–Kier alpha value is -2.62. The molecule has 2 aromatic rings. The topological polar surface area (TPSA) is 55.4 Å². The van der Waals surface area contributed by atoms with Gasteiger partial charge >= 0.3 is 0 Å². The first-order valence-electron chi connectivity index (χ1n) is 7.71. The van der Waals surface area contributed by atoms with Crippen LogP contribution in [0.4, 0.5) is 5.69 Å². The van der Waals surface area contributed by atoms with Crippen molar-refractivity contribution in [2.45, 2.75) is 25.7 Å². The van der Waals surface area contributed by atoms with Gasteiger partial charge in [0.25, 0.3) is 0 Å². The predicted octanol–water partition coefficient (Wildman–Crippen LogP) is 4.08. The zero-order chi connectivity index (χ0) is 16.5. The number of benzene rings is 2. The van der Waals surface area contributed by atoms with Gasteiger partial charge in [0.1, 0.15) is 5.75 Å². The molecular formula is C19H21NO3. The van der Waals surface area contributed by atoms with Crippen LogP contribution >= 0.6 is 0 Å². The summed E-state index contributed by atoms with van der Waals surface area (Å²) in [6.07, 6.45) is 2.29. The van der Waals surface area contributed by atoms with Gasteiger partial charge in [-0.25, -0.2) is 0 Å². The van der Waals surface area contributed by atoms with Crippen molar-refractivity contribution in [3.63, 3.8) is 0 Å². The van der Waals surface area contributed by atoms with E-state index in [0.717, 1.165) is 17.0 Å². The summed E-state index contributed by atoms with van der Waals surface area (Å²) in [5.74, 6) is 0.839. The summed E-state index contributed by atoms with van der Waals surface area (Å²) in [5.41, 5.74) is 1.48. The highest BCUT2D eigenvalue weighted by atomic mass is 16.5. The highest BCUT2D eigenvalue weighted by molar-refractivity contribution is 5.96. The number of hydrogen-bond donors (Lipinski definition) is 1. The monoisotopic (exact) mass is 311 g/mol. The minimum Gasteiger partial charge on any atom is -0.497 e. The second-order valence-corrected chi connectivity index (χ2v) is 5.27. The second-order valence-electron chi connectivity index (χ2n) is 5.27. The van der Waals surface area contributed by atoms with Crippen molar-refractivity contribution in [3.05, 3.63) is 60.2 Å². The lowest BCUT2D eigenvalue weighted by atomic mass is 10.0. The molecule has 1 N–H and O–H groups in total. The van der Waals surface area contributed by atoms with Crippen molar-refractivity contribution >= 4 is 17.4 Å². The Kier molecular flexibility index (Phi) is 6.36. The van der Waals surface area contributed by atoms with Crippen molar-refractivity contribution in [1.29, 1.82) is 0 Å². The number of nitrogens with one attached hydrogen (secondary N) is 1. The number of ketones is 1. The molecule has 0 radical (unpaired) electrons. The molecule has 120 valence electrons. The molecule has 23 heavy (non-hydrogen) atoms. The number of amides is 1. The molecule has 2 aromatic carbocycles. The number of carbonyl (C=O) groups is 2. The summed E-state index contributed by atoms with van der Waals surface area (Å²) in [5, 5.41) is 2.83. The quantitative estimate of drug-likeness (QED) is 0.590. The van der Waals surface area contributed by atoms with Gasteiger partial charge in [0.15, 0.2) is 5.78 Å². The van der Waals surface area contributed by atoms with Crippen LogP contribution in [0, 0.1) is 0 Å². The molecule has 0 aliphatic heterocycles. The number of anilines is 1. The van der Waals surface area contributed by atoms with Crippen molar-refractivity contribution in [1.82, 2.24) is 0 Å². The van der Waals surface area contributed by atoms with Gasteiger partial charge in [0.05, 0.1) is 7.11 Å². The van der Waals surface area contributed by atoms with Crippen LogP contribution in [-0.4, -0.2) is 18.8 Å². The zero-order valence-corrected chi connectivity index (χ0v) is 13.2. The summed E-state index contributed by atoms with van der Waals surface area (Å²) in [7, 11) is 1.60. The zero-order valence-electron chi connectivity index (χ0n) is 13.2. The van der Waals surface area contributed by atoms with Gasteiger partial charge in [0.2, 0.25) is 5.91 Å². The number of carbonyl (C=O) groups excluding carboxylic acids is 2. The van der Waals surface area contributed by atoms with Gasteiger partial charge in [-0.2, -0.15) is 0 Å². The first-order valence-corrected chi connectivity index (χ1v) is 7.71. The smallest absolute Gasteiger partial charge is 0.224 e. The molecule has 0 unspecified atom stereocenters. The lowest BCUT2D eigenvalue weighted by Gasteiger charge is -2.06. The van der Waals surface area contributed by atoms with E-state index >= 15 is 0 Å². The molecule has 0 aromatic heterocycles. The minimum atomic E-state index is -0.0395. The standard InChI is InChI=1S/C19H21NO3/c1-23-17-13-11-16(12-14-17)20-19(22)10-6-5-9-18(21)15-7-3-2-4-8-15/h2-4,7-8,11-14H,5-6,9-10H2,1H3,(H,20,22). The maximum Gasteiger partial charge on any atom is 0.224 e. The summed E-state index contributed by atoms with van der Waals surface area (Å²) < 4.78 is 5.07. The maximum atomic E-state index is 11.9. The molecule has 0 aliphatic carbocycles. The third-order valence-electron chi connectivity index (χ3n) is 3.53. The van der Waals surface area contributed by atoms with Crippen LogP contribution in [0.3, 0.4) is 0 Å². The lowest BCUT2D eigenvalue weighted by Crippen LogP contribution is -2.11. The van der Waals surface area contributed by atoms with Gasteiger partial charge in [-0.05, 0) is 37.1 Å². The molecule has 0 spiro atoms. The Morgan fingerprint density at radius 3 is 2.22 bits per heavy atom. The van der Waals surface area contributed by atoms with Gasteiger partial charge in [-0.3, -0.25) is 9.59 Å². The first kappa shape index (κ1) is 16.7. The molecule has 0 heterocycles. The molecule has 2 rings (SSSR count). The Bertz CT molecular complexity index is 635. The fourth-order valence-corrected chi connectivity index (χ4v) is 2.24. The minimum absolute atomic E-state index is 0.0395. The van der Waals surface area contributed by atoms with Gasteiger partial charge in [-0.15, -0.1) is 0 Å². The van der Waals surface area contributed by atoms with E-state index in [1.165, 1.54) is 0 Å². The van der Waals surface area contributed by atoms with E-state index < -0.39 is 0 Å². The third kappa shape index (κ3) is 5.58. The average molecular weight is 311 g/mol. The van der Waals surface area contributed by atoms with E-state index in [0.29, 0.717) is 25.7 Å². The molecule has 0 saturated carbocycles. The largest absolute Gasteiger partial charge is 0.497 e. The fraction of sp³-hybridized carbons (Fsp3) is 0.263. The van der Waals surface area contributed by atoms with Gasteiger partial charge in [-0.1, -0.05) is 30.3 Å². The predicted molar refractivity (Wildman–Crippen MR) is 90.9 cm³/mol. The van der Waals surface area contributed by atoms with Crippen molar-refractivity contribution in [3.8, 4) is 5.75 Å². The van der Waals surface area contributed by atoms with Crippen LogP contribution in [0.25, 0.3) is 0 Å². The van der Waals surface area contributed by atoms with E-state index in [1.54, 1.807) is 31.4 Å². The number of hydrogen-bond acceptors (Lipinski definition) is 3. The van der Waals surface area contributed by atoms with Crippen molar-refractivity contribution < 1.29 is 14.3 Å². The third-order valence-corrected chi connectivity index (χ3v) is 3.53. The summed E-state index contributed by atoms with van der Waals surface area (Å²) in [6, 6.07) is 16.4. The van der Waals surface area contributed by atoms with E-state index in [2.05, 4.69) is 5.32 Å². The average Bonchev–Trinajstić information content (AvgIpc) is 2.60. The van der Waals surface area contributed by atoms with Crippen molar-refractivity contribution in [2.24, 2.45) is 0 Å². The van der Waals surface area contributed by atoms with Gasteiger partial charge < -0.3 is 10.1 Å². The number of rotatable bonds is 8. The Morgan fingerprint density at radius 1 is 0.913 bits per heavy atom. The van der Waals surface area contributed by atoms with Crippen LogP contribution < -0.4 is 10.1 Å². The Morgan fingerprint density at radius 2 is 1.57 bits per heavy atom. The highest BCUT2D eigenvalue weighted by Gasteiger charge is 2.06. The second kappa shape index (κ2) is 8.73. The number of methoxy groups -OCH3 is 1. The first-order chi connectivity index (χ1) is 11.2. The summed E-state index contributed by atoms with van der Waals surface area (Å²) in [6.45, 7) is 0. The summed E-state index contributed by atoms with van der Waals surface area (Å²) in [4.78, 5) is 23.8. The van der Waals surface area contributed by atoms with E-state index in [9.17, 15) is 9.59 Å². The molecular weight excluding hydrogens is 290 g/mol. The molecule has 0 saturated heterocycles. The molecule has 4 heteroatoms. The molecule has 0 aliphatic rings. The molecule has 1 amide bonds. The van der Waals surface area contributed by atoms with E-state index in [-0.39, 0.29) is 11.7 Å². The van der Waals surface area contributed by atoms with Crippen LogP contribution in [0.1, 0.15) is 36.0 Å². The molecule has 0 atom stereocenters. The highest BCUT2D eigenvalue weighted by Crippen LogP contribution is 2.15. The Labute approximate surface area is 136 Å². The van der Waals surface area contributed by atoms with Crippen LogP contribution in [0.2, 0.25) is 0 Å². The SMILES string of the molecule is COc1ccc(NC(=O)CCCCC(=O)c2ccccc2)cc1. The van der Waals surface area contributed by atoms with Crippen LogP contribution in [0.5, 0.6) is 5.75 Å². The van der Waals surface area contributed by atoms with E-state index in [1.807, 2.05) is 30.3 Å². The summed E-state index contributed by atoms with van der Waals surface area (Å²) >= 11 is 0. The Balaban J connectivity index is 1.67. The number of Topliss-reactive ketones (excluding diaryl/α,β-unsaturated/α-hetero) is 1. The van der Waals surface area contributed by atoms with E-state index in [4.69, 9.17) is 4.74 Å². The fourth-order valence-electron chi connectivity index (χ4n) is 2.24. The molecule has 0 bridgehead atoms. The molecule has 0 fully saturated rings.